The number of hydrogen-bond donors (Lipinski definition) is 1. The number of hydrogen-bond acceptors (Lipinski definition) is 1. The lowest BCUT2D eigenvalue weighted by Gasteiger charge is -1.99. The van der Waals surface area contributed by atoms with Gasteiger partial charge in [0.25, 0.3) is 0 Å². The molecule has 0 aliphatic heterocycles. The van der Waals surface area contributed by atoms with Crippen LogP contribution in [-0.2, 0) is 6.42 Å². The minimum absolute atomic E-state index is 0.0636. The maximum Gasteiger partial charge on any atom is 0.186 e. The highest BCUT2D eigenvalue weighted by Gasteiger charge is 2.12. The lowest BCUT2D eigenvalue weighted by atomic mass is 10.1. The predicted octanol–water partition coefficient (Wildman–Crippen LogP) is 3.57. The zero-order chi connectivity index (χ0) is 13.4. The Balaban J connectivity index is 2.03. The highest BCUT2D eigenvalue weighted by Crippen LogP contribution is 2.20. The second-order valence-electron chi connectivity index (χ2n) is 4.21. The summed E-state index contributed by atoms with van der Waals surface area (Å²) in [4.78, 5) is 6.83. The Kier molecular flexibility index (Phi) is 2.74. The molecule has 0 spiro atoms. The van der Waals surface area contributed by atoms with E-state index in [-0.39, 0.29) is 17.8 Å². The summed E-state index contributed by atoms with van der Waals surface area (Å²) in [6.45, 7) is 0. The molecule has 1 aromatic heterocycles. The van der Waals surface area contributed by atoms with Crippen LogP contribution in [0.4, 0.5) is 13.2 Å². The first kappa shape index (κ1) is 11.8. The number of aromatic nitrogens is 2. The van der Waals surface area contributed by atoms with Crippen molar-refractivity contribution >= 4 is 11.0 Å². The van der Waals surface area contributed by atoms with Crippen LogP contribution >= 0.6 is 0 Å². The summed E-state index contributed by atoms with van der Waals surface area (Å²) < 4.78 is 40.1. The normalized spacial score (nSPS) is 11.1. The molecule has 0 saturated carbocycles. The van der Waals surface area contributed by atoms with Crippen molar-refractivity contribution in [3.05, 3.63) is 65.2 Å². The zero-order valence-corrected chi connectivity index (χ0v) is 9.75. The Morgan fingerprint density at radius 1 is 0.947 bits per heavy atom. The molecule has 2 nitrogen and oxygen atoms in total. The topological polar surface area (TPSA) is 28.7 Å². The first-order valence-electron chi connectivity index (χ1n) is 5.71. The van der Waals surface area contributed by atoms with Gasteiger partial charge in [-0.15, -0.1) is 0 Å². The molecule has 3 rings (SSSR count). The third-order valence-electron chi connectivity index (χ3n) is 2.91. The minimum Gasteiger partial charge on any atom is -0.342 e. The highest BCUT2D eigenvalue weighted by molar-refractivity contribution is 5.75. The number of H-pyrrole nitrogens is 1. The van der Waals surface area contributed by atoms with Gasteiger partial charge in [0.15, 0.2) is 11.6 Å². The van der Waals surface area contributed by atoms with E-state index in [1.807, 2.05) is 0 Å². The fourth-order valence-electron chi connectivity index (χ4n) is 1.97. The van der Waals surface area contributed by atoms with Gasteiger partial charge in [-0.25, -0.2) is 18.2 Å². The molecule has 0 unspecified atom stereocenters. The molecule has 0 bridgehead atoms. The largest absolute Gasteiger partial charge is 0.342 e. The van der Waals surface area contributed by atoms with Crippen molar-refractivity contribution in [2.75, 3.05) is 0 Å². The van der Waals surface area contributed by atoms with Gasteiger partial charge in [-0.1, -0.05) is 18.2 Å². The summed E-state index contributed by atoms with van der Waals surface area (Å²) in [6.07, 6.45) is 0.197. The molecule has 19 heavy (non-hydrogen) atoms. The van der Waals surface area contributed by atoms with E-state index in [0.717, 1.165) is 6.07 Å². The molecule has 0 aliphatic rings. The van der Waals surface area contributed by atoms with Crippen LogP contribution in [0.5, 0.6) is 0 Å². The fourth-order valence-corrected chi connectivity index (χ4v) is 1.97. The van der Waals surface area contributed by atoms with E-state index < -0.39 is 11.6 Å². The zero-order valence-electron chi connectivity index (χ0n) is 9.75. The van der Waals surface area contributed by atoms with E-state index in [1.54, 1.807) is 18.2 Å². The maximum atomic E-state index is 13.5. The van der Waals surface area contributed by atoms with Crippen molar-refractivity contribution in [2.45, 2.75) is 6.42 Å². The number of rotatable bonds is 2. The number of imidazole rings is 1. The van der Waals surface area contributed by atoms with Crippen LogP contribution in [0.2, 0.25) is 0 Å². The molecule has 0 fully saturated rings. The van der Waals surface area contributed by atoms with E-state index in [0.29, 0.717) is 16.9 Å². The second-order valence-corrected chi connectivity index (χ2v) is 4.21. The van der Waals surface area contributed by atoms with Gasteiger partial charge >= 0.3 is 0 Å². The van der Waals surface area contributed by atoms with Gasteiger partial charge < -0.3 is 4.98 Å². The minimum atomic E-state index is -0.992. The molecule has 0 radical (unpaired) electrons. The molecule has 0 amide bonds. The van der Waals surface area contributed by atoms with Crippen LogP contribution in [0.15, 0.2) is 36.4 Å². The number of halogens is 3. The van der Waals surface area contributed by atoms with Crippen molar-refractivity contribution in [1.29, 1.82) is 0 Å². The van der Waals surface area contributed by atoms with Gasteiger partial charge in [-0.05, 0) is 23.8 Å². The molecular weight excluding hydrogens is 253 g/mol. The number of nitrogens with zero attached hydrogens (tertiary/aromatic N) is 1. The molecule has 0 saturated heterocycles. The monoisotopic (exact) mass is 262 g/mol. The van der Waals surface area contributed by atoms with E-state index >= 15 is 0 Å². The van der Waals surface area contributed by atoms with Crippen molar-refractivity contribution in [1.82, 2.24) is 9.97 Å². The number of benzene rings is 2. The van der Waals surface area contributed by atoms with Crippen LogP contribution in [-0.4, -0.2) is 9.97 Å². The molecule has 0 atom stereocenters. The molecule has 1 N–H and O–H groups in total. The van der Waals surface area contributed by atoms with Crippen molar-refractivity contribution in [2.24, 2.45) is 0 Å². The van der Waals surface area contributed by atoms with Crippen molar-refractivity contribution in [3.8, 4) is 0 Å². The summed E-state index contributed by atoms with van der Waals surface area (Å²) in [5.74, 6) is -1.90. The second kappa shape index (κ2) is 4.42. The van der Waals surface area contributed by atoms with Gasteiger partial charge in [0.05, 0.1) is 5.52 Å². The van der Waals surface area contributed by atoms with Crippen molar-refractivity contribution < 1.29 is 13.2 Å². The smallest absolute Gasteiger partial charge is 0.186 e. The highest BCUT2D eigenvalue weighted by atomic mass is 19.2. The Hall–Kier alpha value is -2.30. The standard InChI is InChI=1S/C14H9F3N2/c15-9-4-2-1-3-8(9)7-12-18-11-6-5-10(16)13(17)14(11)19-12/h1-6H,7H2,(H,18,19). The molecule has 5 heteroatoms. The van der Waals surface area contributed by atoms with Crippen molar-refractivity contribution in [3.63, 3.8) is 0 Å². The number of fused-ring (bicyclic) bond motifs is 1. The summed E-state index contributed by atoms with van der Waals surface area (Å²) in [5.41, 5.74) is 0.777. The van der Waals surface area contributed by atoms with Gasteiger partial charge in [-0.3, -0.25) is 0 Å². The third kappa shape index (κ3) is 2.07. The van der Waals surface area contributed by atoms with E-state index in [4.69, 9.17) is 0 Å². The van der Waals surface area contributed by atoms with E-state index in [2.05, 4.69) is 9.97 Å². The maximum absolute atomic E-state index is 13.5. The summed E-state index contributed by atoms with van der Waals surface area (Å²) in [7, 11) is 0. The Labute approximate surface area is 106 Å². The molecule has 1 heterocycles. The van der Waals surface area contributed by atoms with Crippen LogP contribution < -0.4 is 0 Å². The fraction of sp³-hybridized carbons (Fsp3) is 0.0714. The third-order valence-corrected chi connectivity index (χ3v) is 2.91. The molecule has 0 aliphatic carbocycles. The van der Waals surface area contributed by atoms with Gasteiger partial charge in [0.1, 0.15) is 17.2 Å². The quantitative estimate of drug-likeness (QED) is 0.751. The Morgan fingerprint density at radius 2 is 1.74 bits per heavy atom. The van der Waals surface area contributed by atoms with Crippen LogP contribution in [0, 0.1) is 17.5 Å². The average Bonchev–Trinajstić information content (AvgIpc) is 2.80. The summed E-state index contributed by atoms with van der Waals surface area (Å²) in [6, 6.07) is 8.71. The first-order chi connectivity index (χ1) is 9.15. The molecule has 96 valence electrons. The average molecular weight is 262 g/mol. The predicted molar refractivity (Wildman–Crippen MR) is 65.2 cm³/mol. The van der Waals surface area contributed by atoms with Crippen LogP contribution in [0.1, 0.15) is 11.4 Å². The number of nitrogens with one attached hydrogen (secondary N) is 1. The van der Waals surface area contributed by atoms with E-state index in [9.17, 15) is 13.2 Å². The van der Waals surface area contributed by atoms with Gasteiger partial charge in [0.2, 0.25) is 0 Å². The Bertz CT molecular complexity index is 750. The van der Waals surface area contributed by atoms with Gasteiger partial charge in [0, 0.05) is 6.42 Å². The summed E-state index contributed by atoms with van der Waals surface area (Å²) in [5, 5.41) is 0. The van der Waals surface area contributed by atoms with Crippen LogP contribution in [0.25, 0.3) is 11.0 Å². The molecule has 2 aromatic carbocycles. The number of aromatic amines is 1. The molecular formula is C14H9F3N2. The summed E-state index contributed by atoms with van der Waals surface area (Å²) >= 11 is 0. The SMILES string of the molecule is Fc1ccccc1Cc1nc2c(F)c(F)ccc2[nH]1. The molecule has 3 aromatic rings. The van der Waals surface area contributed by atoms with Crippen LogP contribution in [0.3, 0.4) is 0 Å². The lowest BCUT2D eigenvalue weighted by Crippen LogP contribution is -1.94. The van der Waals surface area contributed by atoms with Gasteiger partial charge in [-0.2, -0.15) is 0 Å². The van der Waals surface area contributed by atoms with E-state index in [1.165, 1.54) is 12.1 Å². The first-order valence-corrected chi connectivity index (χ1v) is 5.71. The lowest BCUT2D eigenvalue weighted by molar-refractivity contribution is 0.515. The Morgan fingerprint density at radius 3 is 2.53 bits per heavy atom.